The average molecular weight is 1030 g/mol. The zero-order chi connectivity index (χ0) is 49.8. The molecule has 1 atom stereocenters. The zero-order valence-electron chi connectivity index (χ0n) is 39.7. The van der Waals surface area contributed by atoms with Crippen LogP contribution in [0.2, 0.25) is 5.02 Å². The summed E-state index contributed by atoms with van der Waals surface area (Å²) in [6.07, 6.45) is 5.91. The molecule has 1 aromatic heterocycles. The molecule has 0 radical (unpaired) electrons. The number of nitrogens with one attached hydrogen (secondary N) is 2. The number of halogens is 4. The fourth-order valence-electron chi connectivity index (χ4n) is 9.03. The number of carbonyl (C=O) groups is 1. The minimum absolute atomic E-state index is 0.0134. The highest BCUT2D eigenvalue weighted by Gasteiger charge is 2.48. The molecule has 0 saturated carbocycles. The number of nitrogens with zero attached hydrogens (tertiary/aromatic N) is 6. The van der Waals surface area contributed by atoms with Gasteiger partial charge in [-0.2, -0.15) is 13.2 Å². The first-order valence-electron chi connectivity index (χ1n) is 23.2. The lowest BCUT2D eigenvalue weighted by Crippen LogP contribution is -2.53. The molecule has 3 aromatic carbocycles. The van der Waals surface area contributed by atoms with Crippen LogP contribution in [0.4, 0.5) is 24.8 Å². The van der Waals surface area contributed by atoms with Gasteiger partial charge in [-0.15, -0.1) is 11.8 Å². The van der Waals surface area contributed by atoms with Crippen molar-refractivity contribution >= 4 is 66.3 Å². The molecule has 374 valence electrons. The van der Waals surface area contributed by atoms with Crippen molar-refractivity contribution in [2.24, 2.45) is 5.41 Å². The second-order valence-corrected chi connectivity index (χ2v) is 24.9. The lowest BCUT2D eigenvalue weighted by atomic mass is 9.73. The lowest BCUT2D eigenvalue weighted by Gasteiger charge is -2.42. The molecule has 2 saturated heterocycles. The van der Waals surface area contributed by atoms with Gasteiger partial charge in [0.15, 0.2) is 0 Å². The van der Waals surface area contributed by atoms with Crippen molar-refractivity contribution in [2.75, 3.05) is 81.4 Å². The quantitative estimate of drug-likeness (QED) is 0.103. The van der Waals surface area contributed by atoms with Gasteiger partial charge in [-0.05, 0) is 105 Å². The third-order valence-electron chi connectivity index (χ3n) is 13.1. The van der Waals surface area contributed by atoms with Crippen molar-refractivity contribution in [3.05, 3.63) is 107 Å². The number of benzene rings is 3. The first kappa shape index (κ1) is 52.6. The molecular weight excluding hydrogens is 969 g/mol. The lowest BCUT2D eigenvalue weighted by molar-refractivity contribution is -0.0435. The van der Waals surface area contributed by atoms with Gasteiger partial charge in [0.2, 0.25) is 5.95 Å². The van der Waals surface area contributed by atoms with Crippen LogP contribution in [0.1, 0.15) is 76.2 Å². The number of hydrogen-bond acceptors (Lipinski definition) is 13. The predicted octanol–water partition coefficient (Wildman–Crippen LogP) is 8.71. The number of allylic oxidation sites excluding steroid dienone is 1. The molecule has 13 nitrogen and oxygen atoms in total. The Morgan fingerprint density at radius 2 is 1.49 bits per heavy atom. The summed E-state index contributed by atoms with van der Waals surface area (Å²) in [5, 5.41) is 3.73. The Morgan fingerprint density at radius 1 is 0.855 bits per heavy atom. The van der Waals surface area contributed by atoms with Gasteiger partial charge >= 0.3 is 5.51 Å². The van der Waals surface area contributed by atoms with E-state index in [1.54, 1.807) is 0 Å². The topological polar surface area (TPSA) is 148 Å². The van der Waals surface area contributed by atoms with Gasteiger partial charge in [0.25, 0.3) is 25.8 Å². The molecule has 0 spiro atoms. The number of amides is 1. The number of sulfone groups is 1. The smallest absolute Gasteiger partial charge is 0.380 e. The highest BCUT2D eigenvalue weighted by molar-refractivity contribution is 7.99. The molecule has 1 unspecified atom stereocenters. The summed E-state index contributed by atoms with van der Waals surface area (Å²) < 4.78 is 98.3. The Kier molecular flexibility index (Phi) is 16.5. The number of piperazine rings is 2. The van der Waals surface area contributed by atoms with Gasteiger partial charge in [0, 0.05) is 105 Å². The highest BCUT2D eigenvalue weighted by atomic mass is 35.5. The van der Waals surface area contributed by atoms with E-state index >= 15 is 0 Å². The summed E-state index contributed by atoms with van der Waals surface area (Å²) in [4.78, 5) is 29.9. The highest BCUT2D eigenvalue weighted by Crippen LogP contribution is 2.43. The maximum Gasteiger partial charge on any atom is 0.501 e. The second kappa shape index (κ2) is 21.6. The molecule has 3 aliphatic rings. The van der Waals surface area contributed by atoms with E-state index in [0.717, 1.165) is 82.1 Å². The Hall–Kier alpha value is -4.24. The van der Waals surface area contributed by atoms with E-state index < -0.39 is 52.8 Å². The van der Waals surface area contributed by atoms with Crippen LogP contribution in [0.25, 0.3) is 5.57 Å². The molecule has 2 fully saturated rings. The normalized spacial score (nSPS) is 18.5. The van der Waals surface area contributed by atoms with Gasteiger partial charge in [-0.3, -0.25) is 14.6 Å². The molecule has 2 N–H and O–H groups in total. The van der Waals surface area contributed by atoms with Gasteiger partial charge < -0.3 is 15.1 Å². The van der Waals surface area contributed by atoms with Crippen molar-refractivity contribution in [3.63, 3.8) is 0 Å². The average Bonchev–Trinajstić information content (AvgIpc) is 3.30. The maximum absolute atomic E-state index is 14.3. The van der Waals surface area contributed by atoms with Gasteiger partial charge in [-0.25, -0.2) is 31.5 Å². The third kappa shape index (κ3) is 13.6. The van der Waals surface area contributed by atoms with Crippen LogP contribution in [-0.2, 0) is 19.9 Å². The fourth-order valence-corrected chi connectivity index (χ4v) is 12.2. The van der Waals surface area contributed by atoms with E-state index in [1.165, 1.54) is 40.9 Å². The molecule has 1 aliphatic carbocycles. The minimum Gasteiger partial charge on any atom is -0.380 e. The number of aromatic nitrogens is 2. The van der Waals surface area contributed by atoms with E-state index in [4.69, 9.17) is 11.6 Å². The number of alkyl halides is 3. The van der Waals surface area contributed by atoms with Crippen molar-refractivity contribution in [1.29, 1.82) is 0 Å². The molecular formula is C49H62ClF3N8O5S3. The second-order valence-electron chi connectivity index (χ2n) is 19.8. The Balaban J connectivity index is 1.02. The number of thioether (sulfide) groups is 1. The summed E-state index contributed by atoms with van der Waals surface area (Å²) in [6, 6.07) is 19.3. The number of rotatable bonds is 16. The van der Waals surface area contributed by atoms with E-state index in [0.29, 0.717) is 48.8 Å². The van der Waals surface area contributed by atoms with Crippen molar-refractivity contribution < 1.29 is 34.8 Å². The molecule has 7 rings (SSSR count). The molecule has 69 heavy (non-hydrogen) atoms. The number of hydrogen-bond donors (Lipinski definition) is 2. The van der Waals surface area contributed by atoms with E-state index in [2.05, 4.69) is 76.7 Å². The first-order chi connectivity index (χ1) is 32.5. The van der Waals surface area contributed by atoms with E-state index in [9.17, 15) is 34.8 Å². The number of carbonyl (C=O) groups excluding carboxylic acids is 1. The molecule has 20 heteroatoms. The van der Waals surface area contributed by atoms with Gasteiger partial charge in [0.05, 0.1) is 16.1 Å². The van der Waals surface area contributed by atoms with Crippen molar-refractivity contribution in [2.45, 2.75) is 92.1 Å². The summed E-state index contributed by atoms with van der Waals surface area (Å²) >= 11 is 7.65. The minimum atomic E-state index is -6.08. The molecule has 2 aliphatic heterocycles. The van der Waals surface area contributed by atoms with Crippen LogP contribution in [0.5, 0.6) is 0 Å². The van der Waals surface area contributed by atoms with Gasteiger partial charge in [-0.1, -0.05) is 61.4 Å². The van der Waals surface area contributed by atoms with Gasteiger partial charge in [0.1, 0.15) is 4.90 Å². The Bertz CT molecular complexity index is 2670. The van der Waals surface area contributed by atoms with Crippen LogP contribution in [0, 0.1) is 5.41 Å². The molecule has 4 aromatic rings. The SMILES string of the molecule is CC1(C)CCC(c2ccc(Cl)cc2)=C(CN2CCN(c3ncc(C(=O)NS(=O)(=O)c4ccc(NC(CCN5CCN(C(C)(C)C)CC5)CSc5ccccc5)c(S(=O)(=O)C(F)(F)F)c4)cn3)CC2)C1. The summed E-state index contributed by atoms with van der Waals surface area (Å²) in [5.74, 6) is -0.424. The van der Waals surface area contributed by atoms with E-state index in [1.807, 2.05) is 52.1 Å². The maximum atomic E-state index is 14.3. The molecule has 3 heterocycles. The summed E-state index contributed by atoms with van der Waals surface area (Å²) in [7, 11) is -11.0. The predicted molar refractivity (Wildman–Crippen MR) is 268 cm³/mol. The van der Waals surface area contributed by atoms with Crippen LogP contribution in [-0.4, -0.2) is 136 Å². The third-order valence-corrected chi connectivity index (χ3v) is 17.4. The van der Waals surface area contributed by atoms with Crippen LogP contribution in [0.3, 0.4) is 0 Å². The first-order valence-corrected chi connectivity index (χ1v) is 27.5. The standard InChI is InChI=1S/C49H62ClF3N8O5S3/c1-47(2,3)61-27-23-58(24-28-61)20-18-39(34-67-40-9-7-6-8-10-40)56-43-16-15-41(29-44(43)68(63,64)49(51,52)53)69(65,66)57-45(62)37-31-54-46(55-32-37)60-25-21-59(22-26-60)33-36-30-48(4,5)19-17-42(36)35-11-13-38(50)14-12-35/h6-16,29,31-32,39,56H,17-28,30,33-34H2,1-5H3,(H,57,62). The van der Waals surface area contributed by atoms with Crippen LogP contribution in [0.15, 0.2) is 105 Å². The summed E-state index contributed by atoms with van der Waals surface area (Å²) in [5.41, 5.74) is -2.18. The number of anilines is 2. The molecule has 0 bridgehead atoms. The fraction of sp³-hybridized carbons (Fsp3) is 0.490. The Labute approximate surface area is 414 Å². The monoisotopic (exact) mass is 1030 g/mol. The largest absolute Gasteiger partial charge is 0.501 e. The molecule has 1 amide bonds. The zero-order valence-corrected chi connectivity index (χ0v) is 42.9. The van der Waals surface area contributed by atoms with Crippen molar-refractivity contribution in [3.8, 4) is 0 Å². The number of sulfonamides is 1. The van der Waals surface area contributed by atoms with Crippen molar-refractivity contribution in [1.82, 2.24) is 29.4 Å². The summed E-state index contributed by atoms with van der Waals surface area (Å²) in [6.45, 7) is 18.5. The van der Waals surface area contributed by atoms with Crippen LogP contribution < -0.4 is 14.9 Å². The van der Waals surface area contributed by atoms with E-state index in [-0.39, 0.29) is 16.5 Å². The van der Waals surface area contributed by atoms with Crippen LogP contribution >= 0.6 is 23.4 Å². The Morgan fingerprint density at radius 3 is 2.12 bits per heavy atom.